The lowest BCUT2D eigenvalue weighted by Gasteiger charge is -2.31. The maximum absolute atomic E-state index is 14.3. The molecular formula is C33H28Cl2F2N2O4. The van der Waals surface area contributed by atoms with E-state index in [9.17, 15) is 13.6 Å². The van der Waals surface area contributed by atoms with Gasteiger partial charge in [-0.25, -0.2) is 13.8 Å². The maximum Gasteiger partial charge on any atom is 0.252 e. The Morgan fingerprint density at radius 2 is 1.72 bits per heavy atom. The number of amides is 1. The third kappa shape index (κ3) is 6.99. The zero-order valence-electron chi connectivity index (χ0n) is 22.9. The predicted molar refractivity (Wildman–Crippen MR) is 162 cm³/mol. The molecule has 5 rings (SSSR count). The Bertz CT molecular complexity index is 1620. The Labute approximate surface area is 257 Å². The number of aliphatic imine (C=N–C) groups is 1. The number of ether oxygens (including phenoxy) is 2. The van der Waals surface area contributed by atoms with Gasteiger partial charge in [0.1, 0.15) is 5.75 Å². The highest BCUT2D eigenvalue weighted by Crippen LogP contribution is 2.45. The summed E-state index contributed by atoms with van der Waals surface area (Å²) in [4.78, 5) is 19.2. The highest BCUT2D eigenvalue weighted by Gasteiger charge is 2.53. The molecule has 0 fully saturated rings. The van der Waals surface area contributed by atoms with Crippen molar-refractivity contribution in [3.05, 3.63) is 135 Å². The normalized spacial score (nSPS) is 17.7. The zero-order valence-corrected chi connectivity index (χ0v) is 24.4. The molecule has 10 heteroatoms. The number of hydrogen-bond donors (Lipinski definition) is 2. The number of halogens is 4. The first-order valence-electron chi connectivity index (χ1n) is 13.6. The van der Waals surface area contributed by atoms with E-state index in [1.807, 2.05) is 30.3 Å². The van der Waals surface area contributed by atoms with E-state index in [2.05, 4.69) is 5.32 Å². The molecule has 0 spiro atoms. The summed E-state index contributed by atoms with van der Waals surface area (Å²) < 4.78 is 39.5. The molecule has 6 nitrogen and oxygen atoms in total. The summed E-state index contributed by atoms with van der Waals surface area (Å²) in [5, 5.41) is 12.6. The van der Waals surface area contributed by atoms with E-state index in [1.165, 1.54) is 6.07 Å². The summed E-state index contributed by atoms with van der Waals surface area (Å²) in [7, 11) is 0. The van der Waals surface area contributed by atoms with Gasteiger partial charge in [0.15, 0.2) is 23.3 Å². The number of rotatable bonds is 11. The molecule has 1 heterocycles. The van der Waals surface area contributed by atoms with Crippen LogP contribution in [0.1, 0.15) is 34.8 Å². The second-order valence-electron chi connectivity index (χ2n) is 10.0. The van der Waals surface area contributed by atoms with Crippen molar-refractivity contribution < 1.29 is 28.2 Å². The molecule has 0 aliphatic carbocycles. The number of nitrogens with zero attached hydrogens (tertiary/aromatic N) is 1. The van der Waals surface area contributed by atoms with E-state index in [1.54, 1.807) is 42.5 Å². The fourth-order valence-electron chi connectivity index (χ4n) is 4.87. The van der Waals surface area contributed by atoms with Gasteiger partial charge in [-0.15, -0.1) is 0 Å². The number of aliphatic hydroxyl groups is 1. The number of nitrogens with one attached hydrogen (secondary N) is 1. The van der Waals surface area contributed by atoms with Crippen molar-refractivity contribution in [2.75, 3.05) is 13.2 Å². The van der Waals surface area contributed by atoms with Crippen LogP contribution in [0, 0.1) is 11.6 Å². The van der Waals surface area contributed by atoms with Gasteiger partial charge in [0.25, 0.3) is 5.91 Å². The summed E-state index contributed by atoms with van der Waals surface area (Å²) >= 11 is 12.9. The van der Waals surface area contributed by atoms with Crippen LogP contribution < -0.4 is 10.1 Å². The maximum atomic E-state index is 14.3. The minimum atomic E-state index is -1.54. The van der Waals surface area contributed by atoms with Gasteiger partial charge in [-0.1, -0.05) is 65.7 Å². The van der Waals surface area contributed by atoms with Crippen molar-refractivity contribution in [3.63, 3.8) is 0 Å². The molecule has 0 aromatic heterocycles. The van der Waals surface area contributed by atoms with Gasteiger partial charge < -0.3 is 19.9 Å². The lowest BCUT2D eigenvalue weighted by Crippen LogP contribution is -2.49. The van der Waals surface area contributed by atoms with Crippen LogP contribution in [0.3, 0.4) is 0 Å². The van der Waals surface area contributed by atoms with Gasteiger partial charge in [-0.2, -0.15) is 0 Å². The lowest BCUT2D eigenvalue weighted by atomic mass is 9.82. The summed E-state index contributed by atoms with van der Waals surface area (Å²) in [5.41, 5.74) is 0.772. The number of carbonyl (C=O) groups is 1. The van der Waals surface area contributed by atoms with E-state index in [-0.39, 0.29) is 25.5 Å². The van der Waals surface area contributed by atoms with Crippen LogP contribution >= 0.6 is 23.2 Å². The van der Waals surface area contributed by atoms with E-state index in [0.717, 1.165) is 17.7 Å². The van der Waals surface area contributed by atoms with Crippen molar-refractivity contribution in [3.8, 4) is 5.75 Å². The Morgan fingerprint density at radius 1 is 0.953 bits per heavy atom. The molecule has 0 unspecified atom stereocenters. The Kier molecular flexibility index (Phi) is 9.60. The van der Waals surface area contributed by atoms with Crippen molar-refractivity contribution in [1.29, 1.82) is 0 Å². The van der Waals surface area contributed by atoms with Gasteiger partial charge >= 0.3 is 0 Å². The first kappa shape index (κ1) is 30.5. The smallest absolute Gasteiger partial charge is 0.252 e. The van der Waals surface area contributed by atoms with Crippen LogP contribution in [-0.4, -0.2) is 35.7 Å². The Hall–Kier alpha value is -3.98. The van der Waals surface area contributed by atoms with E-state index in [0.29, 0.717) is 45.5 Å². The molecule has 2 atom stereocenters. The van der Waals surface area contributed by atoms with Gasteiger partial charge in [0.05, 0.1) is 6.61 Å². The number of hydrogen-bond acceptors (Lipinski definition) is 5. The number of benzene rings is 4. The number of carbonyl (C=O) groups excluding carboxylic acids is 1. The first-order valence-corrected chi connectivity index (χ1v) is 14.4. The van der Waals surface area contributed by atoms with Crippen LogP contribution in [0.15, 0.2) is 96.0 Å². The molecule has 2 N–H and O–H groups in total. The van der Waals surface area contributed by atoms with Crippen molar-refractivity contribution in [2.24, 2.45) is 4.99 Å². The molecule has 43 heavy (non-hydrogen) atoms. The molecule has 1 aliphatic heterocycles. The topological polar surface area (TPSA) is 80.2 Å². The van der Waals surface area contributed by atoms with E-state index < -0.39 is 29.2 Å². The second-order valence-corrected chi connectivity index (χ2v) is 10.9. The van der Waals surface area contributed by atoms with Crippen LogP contribution in [-0.2, 0) is 22.5 Å². The average Bonchev–Trinajstić information content (AvgIpc) is 3.38. The lowest BCUT2D eigenvalue weighted by molar-refractivity contribution is -0.129. The molecule has 0 saturated heterocycles. The molecule has 4 aromatic carbocycles. The average molecular weight is 625 g/mol. The molecular weight excluding hydrogens is 597 g/mol. The highest BCUT2D eigenvalue weighted by molar-refractivity contribution is 6.35. The van der Waals surface area contributed by atoms with Crippen molar-refractivity contribution >= 4 is 35.0 Å². The largest absolute Gasteiger partial charge is 0.494 e. The fraction of sp³-hybridized carbons (Fsp3) is 0.212. The Morgan fingerprint density at radius 3 is 2.42 bits per heavy atom. The van der Waals surface area contributed by atoms with Crippen LogP contribution in [0.25, 0.3) is 0 Å². The predicted octanol–water partition coefficient (Wildman–Crippen LogP) is 6.85. The second kappa shape index (κ2) is 13.5. The van der Waals surface area contributed by atoms with Crippen LogP contribution in [0.4, 0.5) is 8.78 Å². The SMILES string of the molecule is O=C(NCc1ccc(F)c(F)c1)[C@]1(Cc2ccccc2)N=C(c2ccc(OCCCO)cc2)O[C@@H]1c1ccc(Cl)cc1Cl. The van der Waals surface area contributed by atoms with Gasteiger partial charge in [0.2, 0.25) is 5.90 Å². The summed E-state index contributed by atoms with van der Waals surface area (Å²) in [6.45, 7) is 0.320. The summed E-state index contributed by atoms with van der Waals surface area (Å²) in [5.74, 6) is -1.65. The molecule has 4 aromatic rings. The highest BCUT2D eigenvalue weighted by atomic mass is 35.5. The standard InChI is InChI=1S/C33H28Cl2F2N2O4/c34-24-10-13-26(27(35)18-24)30-33(19-21-5-2-1-3-6-21,32(41)38-20-22-7-14-28(36)29(37)17-22)39-31(43-30)23-8-11-25(12-9-23)42-16-4-15-40/h1-3,5-14,17-18,30,40H,4,15-16,19-20H2,(H,38,41)/t30-,33-/m1/s1. The molecule has 222 valence electrons. The van der Waals surface area contributed by atoms with Crippen LogP contribution in [0.2, 0.25) is 10.0 Å². The van der Waals surface area contributed by atoms with Gasteiger partial charge in [0, 0.05) is 47.2 Å². The minimum Gasteiger partial charge on any atom is -0.494 e. The Balaban J connectivity index is 1.56. The molecule has 0 radical (unpaired) electrons. The quantitative estimate of drug-likeness (QED) is 0.179. The third-order valence-corrected chi connectivity index (χ3v) is 7.59. The van der Waals surface area contributed by atoms with Gasteiger partial charge in [-0.05, 0) is 59.7 Å². The van der Waals surface area contributed by atoms with Crippen LogP contribution in [0.5, 0.6) is 5.75 Å². The molecule has 0 saturated carbocycles. The fourth-order valence-corrected chi connectivity index (χ4v) is 5.37. The molecule has 1 aliphatic rings. The summed E-state index contributed by atoms with van der Waals surface area (Å²) in [6, 6.07) is 24.8. The minimum absolute atomic E-state index is 0.0268. The van der Waals surface area contributed by atoms with Crippen molar-refractivity contribution in [1.82, 2.24) is 5.32 Å². The molecule has 1 amide bonds. The zero-order chi connectivity index (χ0) is 30.4. The van der Waals surface area contributed by atoms with E-state index >= 15 is 0 Å². The summed E-state index contributed by atoms with van der Waals surface area (Å²) in [6.07, 6.45) is -0.312. The molecule has 0 bridgehead atoms. The third-order valence-electron chi connectivity index (χ3n) is 7.03. The monoisotopic (exact) mass is 624 g/mol. The van der Waals surface area contributed by atoms with Crippen molar-refractivity contribution in [2.45, 2.75) is 31.0 Å². The van der Waals surface area contributed by atoms with E-state index in [4.69, 9.17) is 42.8 Å². The first-order chi connectivity index (χ1) is 20.8. The van der Waals surface area contributed by atoms with Gasteiger partial charge in [-0.3, -0.25) is 4.79 Å². The number of aliphatic hydroxyl groups excluding tert-OH is 1.